The molecule has 1 saturated carbocycles. The Bertz CT molecular complexity index is 474. The maximum atomic E-state index is 3.83. The molecule has 3 rings (SSSR count). The summed E-state index contributed by atoms with van der Waals surface area (Å²) in [6.07, 6.45) is 3.96. The van der Waals surface area contributed by atoms with Gasteiger partial charge in [-0.15, -0.1) is 0 Å². The number of benzene rings is 1. The van der Waals surface area contributed by atoms with Crippen LogP contribution in [0.5, 0.6) is 0 Å². The predicted molar refractivity (Wildman–Crippen MR) is 86.2 cm³/mol. The molecule has 1 N–H and O–H groups in total. The van der Waals surface area contributed by atoms with E-state index in [0.717, 1.165) is 30.3 Å². The minimum Gasteiger partial charge on any atom is -0.313 e. The van der Waals surface area contributed by atoms with Gasteiger partial charge in [-0.1, -0.05) is 52.0 Å². The second kappa shape index (κ2) is 5.18. The van der Waals surface area contributed by atoms with E-state index < -0.39 is 0 Å². The van der Waals surface area contributed by atoms with Crippen LogP contribution in [-0.2, 0) is 0 Å². The number of hydrogen-bond donors (Lipinski definition) is 1. The number of hydrogen-bond acceptors (Lipinski definition) is 1. The summed E-state index contributed by atoms with van der Waals surface area (Å²) >= 11 is 0. The molecule has 0 amide bonds. The van der Waals surface area contributed by atoms with E-state index in [2.05, 4.69) is 57.3 Å². The lowest BCUT2D eigenvalue weighted by Crippen LogP contribution is -2.66. The normalized spacial score (nSPS) is 34.0. The van der Waals surface area contributed by atoms with Crippen LogP contribution < -0.4 is 5.32 Å². The molecule has 1 fully saturated rings. The van der Waals surface area contributed by atoms with Gasteiger partial charge in [0.25, 0.3) is 0 Å². The molecule has 1 aromatic rings. The van der Waals surface area contributed by atoms with Crippen LogP contribution in [0.15, 0.2) is 24.3 Å². The van der Waals surface area contributed by atoms with Crippen molar-refractivity contribution in [2.24, 2.45) is 11.3 Å². The standard InChI is InChI=1S/C19H29N/c1-5-19(6-2)17-15-11-9-8-10-14(15)13(4)12-16(17)18(19)20-7-3/h8-11,13,16-18,20H,5-7,12H2,1-4H3. The van der Waals surface area contributed by atoms with Gasteiger partial charge in [0.1, 0.15) is 0 Å². The van der Waals surface area contributed by atoms with Crippen molar-refractivity contribution in [1.29, 1.82) is 0 Å². The van der Waals surface area contributed by atoms with Crippen molar-refractivity contribution in [1.82, 2.24) is 5.32 Å². The van der Waals surface area contributed by atoms with E-state index in [4.69, 9.17) is 0 Å². The zero-order valence-electron chi connectivity index (χ0n) is 13.4. The van der Waals surface area contributed by atoms with Crippen LogP contribution in [0.25, 0.3) is 0 Å². The Morgan fingerprint density at radius 1 is 1.10 bits per heavy atom. The van der Waals surface area contributed by atoms with Gasteiger partial charge in [0, 0.05) is 6.04 Å². The molecule has 4 atom stereocenters. The molecule has 0 aliphatic heterocycles. The second-order valence-electron chi connectivity index (χ2n) is 6.88. The molecule has 0 heterocycles. The average Bonchev–Trinajstić information content (AvgIpc) is 2.48. The highest BCUT2D eigenvalue weighted by Crippen LogP contribution is 2.65. The van der Waals surface area contributed by atoms with Crippen molar-refractivity contribution in [2.75, 3.05) is 6.54 Å². The van der Waals surface area contributed by atoms with Crippen molar-refractivity contribution < 1.29 is 0 Å². The molecule has 1 nitrogen and oxygen atoms in total. The monoisotopic (exact) mass is 271 g/mol. The Morgan fingerprint density at radius 3 is 2.35 bits per heavy atom. The topological polar surface area (TPSA) is 12.0 Å². The molecular formula is C19H29N. The van der Waals surface area contributed by atoms with E-state index in [-0.39, 0.29) is 0 Å². The Morgan fingerprint density at radius 2 is 1.75 bits per heavy atom. The van der Waals surface area contributed by atoms with E-state index in [9.17, 15) is 0 Å². The molecule has 0 spiro atoms. The summed E-state index contributed by atoms with van der Waals surface area (Å²) in [6.45, 7) is 10.6. The third-order valence-corrected chi connectivity index (χ3v) is 6.32. The minimum absolute atomic E-state index is 0.483. The Kier molecular flexibility index (Phi) is 3.66. The van der Waals surface area contributed by atoms with Crippen molar-refractivity contribution in [2.45, 2.75) is 64.8 Å². The third-order valence-electron chi connectivity index (χ3n) is 6.32. The highest BCUT2D eigenvalue weighted by molar-refractivity contribution is 5.42. The summed E-state index contributed by atoms with van der Waals surface area (Å²) in [6, 6.07) is 9.96. The summed E-state index contributed by atoms with van der Waals surface area (Å²) in [7, 11) is 0. The molecule has 20 heavy (non-hydrogen) atoms. The molecule has 4 unspecified atom stereocenters. The van der Waals surface area contributed by atoms with Gasteiger partial charge in [0.15, 0.2) is 0 Å². The number of fused-ring (bicyclic) bond motifs is 3. The predicted octanol–water partition coefficient (Wildman–Crippen LogP) is 4.69. The number of rotatable bonds is 4. The first-order valence-corrected chi connectivity index (χ1v) is 8.51. The molecular weight excluding hydrogens is 242 g/mol. The van der Waals surface area contributed by atoms with Gasteiger partial charge in [0.05, 0.1) is 0 Å². The average molecular weight is 271 g/mol. The zero-order chi connectivity index (χ0) is 14.3. The van der Waals surface area contributed by atoms with Crippen molar-refractivity contribution in [3.8, 4) is 0 Å². The fourth-order valence-electron chi connectivity index (χ4n) is 5.41. The van der Waals surface area contributed by atoms with Crippen LogP contribution in [-0.4, -0.2) is 12.6 Å². The summed E-state index contributed by atoms with van der Waals surface area (Å²) in [5, 5.41) is 3.83. The third kappa shape index (κ3) is 1.72. The molecule has 1 heteroatoms. The molecule has 2 aliphatic carbocycles. The van der Waals surface area contributed by atoms with Gasteiger partial charge in [-0.25, -0.2) is 0 Å². The first-order valence-electron chi connectivity index (χ1n) is 8.51. The first kappa shape index (κ1) is 14.1. The lowest BCUT2D eigenvalue weighted by molar-refractivity contribution is -0.0609. The maximum Gasteiger partial charge on any atom is 0.0164 e. The Balaban J connectivity index is 2.04. The molecule has 0 bridgehead atoms. The molecule has 0 saturated heterocycles. The smallest absolute Gasteiger partial charge is 0.0164 e. The van der Waals surface area contributed by atoms with E-state index >= 15 is 0 Å². The fourth-order valence-corrected chi connectivity index (χ4v) is 5.41. The van der Waals surface area contributed by atoms with Gasteiger partial charge < -0.3 is 5.32 Å². The van der Waals surface area contributed by atoms with E-state index in [1.807, 2.05) is 0 Å². The van der Waals surface area contributed by atoms with Crippen LogP contribution in [0.4, 0.5) is 0 Å². The summed E-state index contributed by atoms with van der Waals surface area (Å²) in [5.41, 5.74) is 3.76. The van der Waals surface area contributed by atoms with E-state index in [0.29, 0.717) is 5.41 Å². The van der Waals surface area contributed by atoms with Crippen LogP contribution in [0.1, 0.15) is 69.9 Å². The minimum atomic E-state index is 0.483. The zero-order valence-corrected chi connectivity index (χ0v) is 13.4. The SMILES string of the molecule is CCNC1C2CC(C)c3ccccc3C2C1(CC)CC. The molecule has 110 valence electrons. The van der Waals surface area contributed by atoms with Gasteiger partial charge >= 0.3 is 0 Å². The molecule has 2 aliphatic rings. The highest BCUT2D eigenvalue weighted by Gasteiger charge is 2.61. The van der Waals surface area contributed by atoms with E-state index in [1.165, 1.54) is 19.3 Å². The molecule has 0 aromatic heterocycles. The summed E-state index contributed by atoms with van der Waals surface area (Å²) in [4.78, 5) is 0. The van der Waals surface area contributed by atoms with Gasteiger partial charge in [-0.05, 0) is 60.1 Å². The maximum absolute atomic E-state index is 3.83. The highest BCUT2D eigenvalue weighted by atomic mass is 15.0. The Hall–Kier alpha value is -0.820. The summed E-state index contributed by atoms with van der Waals surface area (Å²) in [5.74, 6) is 2.36. The van der Waals surface area contributed by atoms with Crippen LogP contribution in [0.2, 0.25) is 0 Å². The van der Waals surface area contributed by atoms with E-state index in [1.54, 1.807) is 11.1 Å². The van der Waals surface area contributed by atoms with Crippen molar-refractivity contribution in [3.63, 3.8) is 0 Å². The van der Waals surface area contributed by atoms with Gasteiger partial charge in [0.2, 0.25) is 0 Å². The Labute approximate surface area is 124 Å². The van der Waals surface area contributed by atoms with Crippen molar-refractivity contribution >= 4 is 0 Å². The first-order chi connectivity index (χ1) is 9.69. The van der Waals surface area contributed by atoms with Crippen molar-refractivity contribution in [3.05, 3.63) is 35.4 Å². The fraction of sp³-hybridized carbons (Fsp3) is 0.684. The molecule has 1 aromatic carbocycles. The largest absolute Gasteiger partial charge is 0.313 e. The number of nitrogens with one attached hydrogen (secondary N) is 1. The summed E-state index contributed by atoms with van der Waals surface area (Å²) < 4.78 is 0. The lowest BCUT2D eigenvalue weighted by Gasteiger charge is -2.65. The van der Waals surface area contributed by atoms with Gasteiger partial charge in [-0.3, -0.25) is 0 Å². The van der Waals surface area contributed by atoms with Crippen LogP contribution in [0, 0.1) is 11.3 Å². The second-order valence-corrected chi connectivity index (χ2v) is 6.88. The molecule has 0 radical (unpaired) electrons. The quantitative estimate of drug-likeness (QED) is 0.837. The van der Waals surface area contributed by atoms with Crippen LogP contribution >= 0.6 is 0 Å². The van der Waals surface area contributed by atoms with Crippen LogP contribution in [0.3, 0.4) is 0 Å². The lowest BCUT2D eigenvalue weighted by atomic mass is 9.42. The van der Waals surface area contributed by atoms with Gasteiger partial charge in [-0.2, -0.15) is 0 Å².